The van der Waals surface area contributed by atoms with E-state index in [4.69, 9.17) is 0 Å². The first-order valence-electron chi connectivity index (χ1n) is 2.55. The Hall–Kier alpha value is -1.59. The van der Waals surface area contributed by atoms with Gasteiger partial charge in [0.1, 0.15) is 0 Å². The van der Waals surface area contributed by atoms with Gasteiger partial charge in [-0.25, -0.2) is 4.79 Å². The molecule has 0 spiro atoms. The first-order valence-corrected chi connectivity index (χ1v) is 2.55. The first-order chi connectivity index (χ1) is 4.79. The van der Waals surface area contributed by atoms with E-state index in [1.54, 1.807) is 0 Å². The molecule has 0 amide bonds. The molecule has 0 unspecified atom stereocenters. The average molecular weight is 142 g/mol. The second-order valence-corrected chi connectivity index (χ2v) is 1.80. The van der Waals surface area contributed by atoms with Gasteiger partial charge in [0, 0.05) is 0 Å². The highest BCUT2D eigenvalue weighted by Gasteiger charge is 2.34. The fourth-order valence-corrected chi connectivity index (χ4v) is 0.745. The highest BCUT2D eigenvalue weighted by atomic mass is 16.8. The number of hydrogen-bond acceptors (Lipinski definition) is 5. The molecule has 0 aromatic carbocycles. The number of nitrogens with zero attached hydrogens (tertiary/aromatic N) is 2. The number of rotatable bonds is 0. The van der Waals surface area contributed by atoms with Gasteiger partial charge in [-0.3, -0.25) is 4.63 Å². The summed E-state index contributed by atoms with van der Waals surface area (Å²) < 4.78 is 8.58. The van der Waals surface area contributed by atoms with E-state index in [1.807, 2.05) is 0 Å². The van der Waals surface area contributed by atoms with Crippen molar-refractivity contribution in [2.75, 3.05) is 0 Å². The third kappa shape index (κ3) is 0.450. The van der Waals surface area contributed by atoms with E-state index >= 15 is 0 Å². The van der Waals surface area contributed by atoms with Crippen molar-refractivity contribution in [3.63, 3.8) is 0 Å². The van der Waals surface area contributed by atoms with Crippen molar-refractivity contribution in [2.45, 2.75) is 6.61 Å². The number of carbonyl (C=O) groups excluding carboxylic acids is 1. The molecule has 52 valence electrons. The summed E-state index contributed by atoms with van der Waals surface area (Å²) in [7, 11) is 0. The zero-order valence-corrected chi connectivity index (χ0v) is 4.73. The second kappa shape index (κ2) is 1.47. The normalized spacial score (nSPS) is 15.0. The van der Waals surface area contributed by atoms with Crippen molar-refractivity contribution in [2.24, 2.45) is 0 Å². The number of fused-ring (bicyclic) bond motifs is 1. The van der Waals surface area contributed by atoms with Crippen molar-refractivity contribution >= 4 is 5.97 Å². The number of hydrogen-bond donors (Lipinski definition) is 0. The van der Waals surface area contributed by atoms with Gasteiger partial charge in [0.15, 0.2) is 6.61 Å². The lowest BCUT2D eigenvalue weighted by molar-refractivity contribution is -0.808. The molecule has 1 aliphatic rings. The van der Waals surface area contributed by atoms with Crippen molar-refractivity contribution in [3.8, 4) is 0 Å². The molecule has 0 bridgehead atoms. The van der Waals surface area contributed by atoms with Crippen LogP contribution in [0.1, 0.15) is 16.2 Å². The Balaban J connectivity index is 2.63. The van der Waals surface area contributed by atoms with Crippen LogP contribution in [0.15, 0.2) is 4.63 Å². The monoisotopic (exact) mass is 142 g/mol. The summed E-state index contributed by atoms with van der Waals surface area (Å²) in [6, 6.07) is 0. The predicted molar refractivity (Wildman–Crippen MR) is 24.6 cm³/mol. The maximum absolute atomic E-state index is 10.6. The fraction of sp³-hybridized carbons (Fsp3) is 0.250. The van der Waals surface area contributed by atoms with Crippen LogP contribution >= 0.6 is 0 Å². The van der Waals surface area contributed by atoms with Crippen LogP contribution < -0.4 is 4.90 Å². The SMILES string of the molecule is O=C1OCc2c1no[n+]2[O-]. The van der Waals surface area contributed by atoms with E-state index in [9.17, 15) is 10.0 Å². The Kier molecular flexibility index (Phi) is 0.765. The highest BCUT2D eigenvalue weighted by molar-refractivity contribution is 5.89. The predicted octanol–water partition coefficient (Wildman–Crippen LogP) is -1.02. The summed E-state index contributed by atoms with van der Waals surface area (Å²) in [5, 5.41) is 13.7. The molecule has 1 aromatic rings. The molecule has 1 aliphatic heterocycles. The zero-order valence-electron chi connectivity index (χ0n) is 4.73. The summed E-state index contributed by atoms with van der Waals surface area (Å²) >= 11 is 0. The Morgan fingerprint density at radius 2 is 2.50 bits per heavy atom. The molecule has 0 saturated carbocycles. The molecule has 2 rings (SSSR count). The molecule has 0 radical (unpaired) electrons. The summed E-state index contributed by atoms with van der Waals surface area (Å²) in [5.41, 5.74) is 0.125. The van der Waals surface area contributed by atoms with Crippen LogP contribution in [0, 0.1) is 5.21 Å². The van der Waals surface area contributed by atoms with Gasteiger partial charge in [0.05, 0.1) is 5.16 Å². The molecule has 0 fully saturated rings. The molecule has 2 heterocycles. The molecular formula is C4H2N2O4. The van der Waals surface area contributed by atoms with Crippen LogP contribution in [0.2, 0.25) is 0 Å². The molecular weight excluding hydrogens is 140 g/mol. The van der Waals surface area contributed by atoms with E-state index in [1.165, 1.54) is 0 Å². The Labute approximate surface area is 54.5 Å². The summed E-state index contributed by atoms with van der Waals surface area (Å²) in [4.78, 5) is 10.7. The van der Waals surface area contributed by atoms with Gasteiger partial charge < -0.3 is 9.94 Å². The molecule has 0 saturated heterocycles. The van der Waals surface area contributed by atoms with Gasteiger partial charge >= 0.3 is 11.7 Å². The highest BCUT2D eigenvalue weighted by Crippen LogP contribution is 2.12. The van der Waals surface area contributed by atoms with Gasteiger partial charge in [0.2, 0.25) is 5.69 Å². The molecule has 6 nitrogen and oxygen atoms in total. The minimum Gasteiger partial charge on any atom is -0.450 e. The van der Waals surface area contributed by atoms with Gasteiger partial charge in [-0.2, -0.15) is 0 Å². The summed E-state index contributed by atoms with van der Waals surface area (Å²) in [6.07, 6.45) is 0. The number of esters is 1. The number of aromatic nitrogens is 2. The van der Waals surface area contributed by atoms with Crippen LogP contribution in [-0.2, 0) is 11.3 Å². The molecule has 0 aliphatic carbocycles. The van der Waals surface area contributed by atoms with Crippen LogP contribution in [0.25, 0.3) is 0 Å². The van der Waals surface area contributed by atoms with E-state index in [0.717, 1.165) is 0 Å². The lowest BCUT2D eigenvalue weighted by Gasteiger charge is -1.87. The second-order valence-electron chi connectivity index (χ2n) is 1.80. The van der Waals surface area contributed by atoms with Gasteiger partial charge in [-0.1, -0.05) is 0 Å². The van der Waals surface area contributed by atoms with Crippen LogP contribution in [-0.4, -0.2) is 11.1 Å². The van der Waals surface area contributed by atoms with Gasteiger partial charge in [0.25, 0.3) is 0 Å². The molecule has 0 N–H and O–H groups in total. The molecule has 1 aromatic heterocycles. The average Bonchev–Trinajstić information content (AvgIpc) is 2.41. The molecule has 6 heteroatoms. The first kappa shape index (κ1) is 5.21. The number of carbonyl (C=O) groups is 1. The largest absolute Gasteiger partial charge is 0.450 e. The zero-order chi connectivity index (χ0) is 7.14. The van der Waals surface area contributed by atoms with Gasteiger partial charge in [-0.05, 0) is 4.90 Å². The quantitative estimate of drug-likeness (QED) is 0.342. The number of ether oxygens (including phenoxy) is 1. The Bertz CT molecular complexity index is 291. The number of cyclic esters (lactones) is 1. The Morgan fingerprint density at radius 3 is 3.20 bits per heavy atom. The fourth-order valence-electron chi connectivity index (χ4n) is 0.745. The summed E-state index contributed by atoms with van der Waals surface area (Å²) in [6.45, 7) is -0.0405. The van der Waals surface area contributed by atoms with Crippen LogP contribution in [0.4, 0.5) is 0 Å². The smallest absolute Gasteiger partial charge is 0.390 e. The van der Waals surface area contributed by atoms with Crippen molar-refractivity contribution < 1.29 is 19.1 Å². The van der Waals surface area contributed by atoms with Crippen molar-refractivity contribution in [1.82, 2.24) is 5.16 Å². The topological polar surface area (TPSA) is 79.3 Å². The van der Waals surface area contributed by atoms with Crippen LogP contribution in [0.5, 0.6) is 0 Å². The van der Waals surface area contributed by atoms with E-state index in [0.29, 0.717) is 0 Å². The lowest BCUT2D eigenvalue weighted by atomic mass is 10.4. The maximum atomic E-state index is 10.6. The maximum Gasteiger partial charge on any atom is 0.390 e. The summed E-state index contributed by atoms with van der Waals surface area (Å²) in [5.74, 6) is -0.603. The van der Waals surface area contributed by atoms with Crippen LogP contribution in [0.3, 0.4) is 0 Å². The Morgan fingerprint density at radius 1 is 1.70 bits per heavy atom. The molecule has 0 atom stereocenters. The van der Waals surface area contributed by atoms with Crippen molar-refractivity contribution in [1.29, 1.82) is 0 Å². The minimum atomic E-state index is -0.603. The minimum absolute atomic E-state index is 0.0185. The molecule has 10 heavy (non-hydrogen) atoms. The van der Waals surface area contributed by atoms with E-state index < -0.39 is 5.97 Å². The van der Waals surface area contributed by atoms with E-state index in [-0.39, 0.29) is 22.9 Å². The third-order valence-electron chi connectivity index (χ3n) is 1.23. The standard InChI is InChI=1S/C4H2N2O4/c7-4-3-2(1-9-4)6(8)10-5-3/h1H2. The van der Waals surface area contributed by atoms with Crippen molar-refractivity contribution in [3.05, 3.63) is 16.6 Å². The van der Waals surface area contributed by atoms with Gasteiger partial charge in [-0.15, -0.1) is 0 Å². The third-order valence-corrected chi connectivity index (χ3v) is 1.23. The van der Waals surface area contributed by atoms with E-state index in [2.05, 4.69) is 14.5 Å². The lowest BCUT2D eigenvalue weighted by Crippen LogP contribution is -2.27.